The number of fused-ring (bicyclic) bond motifs is 1. The highest BCUT2D eigenvalue weighted by atomic mass is 16.6. The average molecular weight is 347 g/mol. The topological polar surface area (TPSA) is 84.2 Å². The van der Waals surface area contributed by atoms with Gasteiger partial charge in [-0.15, -0.1) is 0 Å². The summed E-state index contributed by atoms with van der Waals surface area (Å²) in [7, 11) is 0. The minimum atomic E-state index is -0.420. The van der Waals surface area contributed by atoms with Gasteiger partial charge >= 0.3 is 5.69 Å². The number of para-hydroxylation sites is 2. The van der Waals surface area contributed by atoms with Crippen molar-refractivity contribution in [3.63, 3.8) is 0 Å². The summed E-state index contributed by atoms with van der Waals surface area (Å²) in [4.78, 5) is 21.7. The van der Waals surface area contributed by atoms with Crippen LogP contribution in [0.5, 0.6) is 0 Å². The van der Waals surface area contributed by atoms with Crippen molar-refractivity contribution < 1.29 is 4.92 Å². The molecule has 0 bridgehead atoms. The Balaban J connectivity index is 1.80. The molecular weight excluding hydrogens is 330 g/mol. The first kappa shape index (κ1) is 16.0. The Bertz CT molecular complexity index is 989. The van der Waals surface area contributed by atoms with Crippen molar-refractivity contribution in [1.29, 1.82) is 0 Å². The average Bonchev–Trinajstić information content (AvgIpc) is 3.07. The van der Waals surface area contributed by atoms with Gasteiger partial charge < -0.3 is 10.2 Å². The lowest BCUT2D eigenvalue weighted by Crippen LogP contribution is -2.17. The molecule has 26 heavy (non-hydrogen) atoms. The Morgan fingerprint density at radius 3 is 2.69 bits per heavy atom. The van der Waals surface area contributed by atoms with Crippen LogP contribution in [0.15, 0.2) is 54.9 Å². The second kappa shape index (κ2) is 6.44. The number of hydrogen-bond acceptors (Lipinski definition) is 6. The Labute approximate surface area is 150 Å². The minimum absolute atomic E-state index is 0.118. The van der Waals surface area contributed by atoms with E-state index in [1.165, 1.54) is 6.33 Å². The van der Waals surface area contributed by atoms with Crippen LogP contribution in [0.4, 0.5) is 28.7 Å². The molecule has 0 amide bonds. The van der Waals surface area contributed by atoms with Crippen LogP contribution in [0.3, 0.4) is 0 Å². The summed E-state index contributed by atoms with van der Waals surface area (Å²) < 4.78 is 0. The molecule has 0 aliphatic carbocycles. The first-order valence-electron chi connectivity index (χ1n) is 8.32. The van der Waals surface area contributed by atoms with Gasteiger partial charge in [0.1, 0.15) is 6.33 Å². The molecule has 0 radical (unpaired) electrons. The van der Waals surface area contributed by atoms with E-state index in [2.05, 4.69) is 15.3 Å². The van der Waals surface area contributed by atoms with Crippen LogP contribution in [0, 0.1) is 17.0 Å². The molecule has 1 aliphatic rings. The largest absolute Gasteiger partial charge is 0.354 e. The molecule has 7 nitrogen and oxygen atoms in total. The molecule has 0 spiro atoms. The van der Waals surface area contributed by atoms with Crippen molar-refractivity contribution in [2.45, 2.75) is 13.3 Å². The van der Waals surface area contributed by atoms with Crippen molar-refractivity contribution >= 4 is 28.7 Å². The van der Waals surface area contributed by atoms with Crippen molar-refractivity contribution in [2.75, 3.05) is 16.8 Å². The lowest BCUT2D eigenvalue weighted by atomic mass is 10.2. The molecule has 2 aromatic carbocycles. The van der Waals surface area contributed by atoms with Crippen LogP contribution in [0.2, 0.25) is 0 Å². The second-order valence-electron chi connectivity index (χ2n) is 6.12. The Morgan fingerprint density at radius 1 is 1.12 bits per heavy atom. The fourth-order valence-corrected chi connectivity index (χ4v) is 3.23. The summed E-state index contributed by atoms with van der Waals surface area (Å²) in [6.07, 6.45) is 2.20. The van der Waals surface area contributed by atoms with E-state index in [1.54, 1.807) is 0 Å². The fourth-order valence-electron chi connectivity index (χ4n) is 3.23. The number of nitrogens with one attached hydrogen (secondary N) is 1. The van der Waals surface area contributed by atoms with Gasteiger partial charge in [0.15, 0.2) is 0 Å². The van der Waals surface area contributed by atoms with E-state index in [0.29, 0.717) is 12.4 Å². The standard InChI is InChI=1S/C19H17N5O2/c1-13-6-2-4-8-15(13)22-18-17(24(25)26)19(21-12-20-18)23-11-10-14-7-3-5-9-16(14)23/h2-9,12H,10-11H2,1H3,(H,20,21,22). The molecular formula is C19H17N5O2. The van der Waals surface area contributed by atoms with Gasteiger partial charge in [0.2, 0.25) is 11.6 Å². The van der Waals surface area contributed by atoms with Gasteiger partial charge in [0.05, 0.1) is 4.92 Å². The van der Waals surface area contributed by atoms with Crippen LogP contribution >= 0.6 is 0 Å². The van der Waals surface area contributed by atoms with Crippen molar-refractivity contribution in [2.24, 2.45) is 0 Å². The molecule has 4 rings (SSSR count). The zero-order chi connectivity index (χ0) is 18.1. The first-order valence-corrected chi connectivity index (χ1v) is 8.32. The molecule has 1 aromatic heterocycles. The summed E-state index contributed by atoms with van der Waals surface area (Å²) in [5, 5.41) is 14.9. The van der Waals surface area contributed by atoms with Crippen molar-refractivity contribution in [3.05, 3.63) is 76.1 Å². The smallest absolute Gasteiger partial charge is 0.334 e. The Hall–Kier alpha value is -3.48. The third kappa shape index (κ3) is 2.73. The highest BCUT2D eigenvalue weighted by Gasteiger charge is 2.31. The number of rotatable bonds is 4. The maximum absolute atomic E-state index is 11.8. The molecule has 1 aliphatic heterocycles. The predicted octanol–water partition coefficient (Wildman–Crippen LogP) is 4.13. The van der Waals surface area contributed by atoms with Gasteiger partial charge in [-0.1, -0.05) is 36.4 Å². The maximum Gasteiger partial charge on any atom is 0.354 e. The Kier molecular flexibility index (Phi) is 3.96. The van der Waals surface area contributed by atoms with E-state index in [9.17, 15) is 10.1 Å². The number of aryl methyl sites for hydroxylation is 1. The number of aromatic nitrogens is 2. The number of nitro groups is 1. The number of benzene rings is 2. The first-order chi connectivity index (χ1) is 12.6. The molecule has 0 atom stereocenters. The van der Waals surface area contributed by atoms with Crippen LogP contribution in [-0.4, -0.2) is 21.4 Å². The zero-order valence-corrected chi connectivity index (χ0v) is 14.2. The van der Waals surface area contributed by atoms with Gasteiger partial charge in [0, 0.05) is 17.9 Å². The van der Waals surface area contributed by atoms with Crippen molar-refractivity contribution in [3.8, 4) is 0 Å². The highest BCUT2D eigenvalue weighted by Crippen LogP contribution is 2.40. The van der Waals surface area contributed by atoms with Crippen LogP contribution in [0.25, 0.3) is 0 Å². The lowest BCUT2D eigenvalue weighted by molar-refractivity contribution is -0.383. The van der Waals surface area contributed by atoms with E-state index in [0.717, 1.165) is 28.9 Å². The molecule has 2 heterocycles. The fraction of sp³-hybridized carbons (Fsp3) is 0.158. The van der Waals surface area contributed by atoms with Gasteiger partial charge in [-0.2, -0.15) is 0 Å². The quantitative estimate of drug-likeness (QED) is 0.564. The molecule has 0 saturated carbocycles. The maximum atomic E-state index is 11.8. The molecule has 130 valence electrons. The molecule has 0 unspecified atom stereocenters. The number of nitrogens with zero attached hydrogens (tertiary/aromatic N) is 4. The van der Waals surface area contributed by atoms with E-state index in [4.69, 9.17) is 0 Å². The molecule has 3 aromatic rings. The Morgan fingerprint density at radius 2 is 1.88 bits per heavy atom. The van der Waals surface area contributed by atoms with Gasteiger partial charge in [0.25, 0.3) is 0 Å². The summed E-state index contributed by atoms with van der Waals surface area (Å²) in [6.45, 7) is 2.59. The molecule has 0 saturated heterocycles. The molecule has 7 heteroatoms. The van der Waals surface area contributed by atoms with Crippen molar-refractivity contribution in [1.82, 2.24) is 9.97 Å². The number of anilines is 4. The third-order valence-electron chi connectivity index (χ3n) is 4.53. The monoisotopic (exact) mass is 347 g/mol. The zero-order valence-electron chi connectivity index (χ0n) is 14.2. The van der Waals surface area contributed by atoms with E-state index in [-0.39, 0.29) is 11.5 Å². The predicted molar refractivity (Wildman–Crippen MR) is 100 cm³/mol. The van der Waals surface area contributed by atoms with Crippen LogP contribution < -0.4 is 10.2 Å². The summed E-state index contributed by atoms with van der Waals surface area (Å²) >= 11 is 0. The normalized spacial score (nSPS) is 12.7. The highest BCUT2D eigenvalue weighted by molar-refractivity contribution is 5.80. The minimum Gasteiger partial charge on any atom is -0.334 e. The second-order valence-corrected chi connectivity index (χ2v) is 6.12. The van der Waals surface area contributed by atoms with Gasteiger partial charge in [-0.25, -0.2) is 9.97 Å². The van der Waals surface area contributed by atoms with E-state index in [1.807, 2.05) is 60.4 Å². The summed E-state index contributed by atoms with van der Waals surface area (Å²) in [6, 6.07) is 15.5. The van der Waals surface area contributed by atoms with Crippen LogP contribution in [-0.2, 0) is 6.42 Å². The number of hydrogen-bond donors (Lipinski definition) is 1. The van der Waals surface area contributed by atoms with Gasteiger partial charge in [-0.3, -0.25) is 10.1 Å². The molecule has 1 N–H and O–H groups in total. The summed E-state index contributed by atoms with van der Waals surface area (Å²) in [5.41, 5.74) is 3.76. The van der Waals surface area contributed by atoms with Crippen LogP contribution in [0.1, 0.15) is 11.1 Å². The lowest BCUT2D eigenvalue weighted by Gasteiger charge is -2.19. The summed E-state index contributed by atoms with van der Waals surface area (Å²) in [5.74, 6) is 0.504. The third-order valence-corrected chi connectivity index (χ3v) is 4.53. The van der Waals surface area contributed by atoms with E-state index >= 15 is 0 Å². The van der Waals surface area contributed by atoms with E-state index < -0.39 is 4.92 Å². The molecule has 0 fully saturated rings. The van der Waals surface area contributed by atoms with Gasteiger partial charge in [-0.05, 0) is 36.6 Å². The SMILES string of the molecule is Cc1ccccc1Nc1ncnc(N2CCc3ccccc32)c1[N+](=O)[O-].